The molecule has 0 aromatic heterocycles. The second-order valence-electron chi connectivity index (χ2n) is 5.60. The van der Waals surface area contributed by atoms with Crippen molar-refractivity contribution in [2.75, 3.05) is 13.7 Å². The summed E-state index contributed by atoms with van der Waals surface area (Å²) in [6.07, 6.45) is 3.13. The van der Waals surface area contributed by atoms with Gasteiger partial charge in [0.2, 0.25) is 10.0 Å². The molecular formula is C14H20N2O3S. The van der Waals surface area contributed by atoms with Gasteiger partial charge in [-0.25, -0.2) is 8.42 Å². The minimum absolute atomic E-state index is 0.170. The summed E-state index contributed by atoms with van der Waals surface area (Å²) in [5.41, 5.74) is 6.45. The molecule has 0 spiro atoms. The number of nitrogens with two attached hydrogens (primary N) is 1. The smallest absolute Gasteiger partial charge is 0.247 e. The van der Waals surface area contributed by atoms with Crippen LogP contribution in [0.1, 0.15) is 24.8 Å². The second kappa shape index (κ2) is 5.02. The SMILES string of the molecule is COc1cc(CN)ccc1S(=O)(=O)N1CC2CCC1C2. The predicted molar refractivity (Wildman–Crippen MR) is 75.9 cm³/mol. The maximum atomic E-state index is 12.8. The van der Waals surface area contributed by atoms with Crippen LogP contribution in [0.3, 0.4) is 0 Å². The lowest BCUT2D eigenvalue weighted by molar-refractivity contribution is 0.330. The lowest BCUT2D eigenvalue weighted by Gasteiger charge is -2.26. The molecule has 1 heterocycles. The highest BCUT2D eigenvalue weighted by atomic mass is 32.2. The molecule has 2 fully saturated rings. The monoisotopic (exact) mass is 296 g/mol. The van der Waals surface area contributed by atoms with Crippen LogP contribution in [-0.2, 0) is 16.6 Å². The van der Waals surface area contributed by atoms with Crippen molar-refractivity contribution in [1.82, 2.24) is 4.31 Å². The molecule has 2 aliphatic rings. The van der Waals surface area contributed by atoms with Gasteiger partial charge in [-0.2, -0.15) is 4.31 Å². The Hall–Kier alpha value is -1.11. The van der Waals surface area contributed by atoms with Crippen molar-refractivity contribution in [3.63, 3.8) is 0 Å². The molecule has 1 saturated heterocycles. The number of fused-ring (bicyclic) bond motifs is 2. The molecule has 0 amide bonds. The zero-order valence-electron chi connectivity index (χ0n) is 11.6. The Morgan fingerprint density at radius 3 is 2.75 bits per heavy atom. The highest BCUT2D eigenvalue weighted by molar-refractivity contribution is 7.89. The minimum atomic E-state index is -3.47. The van der Waals surface area contributed by atoms with Crippen molar-refractivity contribution in [3.8, 4) is 5.75 Å². The molecule has 2 bridgehead atoms. The topological polar surface area (TPSA) is 72.6 Å². The Bertz CT molecular complexity index is 615. The molecule has 6 heteroatoms. The van der Waals surface area contributed by atoms with Gasteiger partial charge >= 0.3 is 0 Å². The van der Waals surface area contributed by atoms with Gasteiger partial charge in [0.1, 0.15) is 10.6 Å². The van der Waals surface area contributed by atoms with E-state index in [1.165, 1.54) is 7.11 Å². The van der Waals surface area contributed by atoms with Crippen molar-refractivity contribution >= 4 is 10.0 Å². The molecule has 0 radical (unpaired) electrons. The Balaban J connectivity index is 1.99. The minimum Gasteiger partial charge on any atom is -0.495 e. The first kappa shape index (κ1) is 13.9. The number of piperidine rings is 1. The van der Waals surface area contributed by atoms with Crippen molar-refractivity contribution < 1.29 is 13.2 Å². The lowest BCUT2D eigenvalue weighted by Crippen LogP contribution is -2.37. The molecule has 2 unspecified atom stereocenters. The zero-order chi connectivity index (χ0) is 14.3. The van der Waals surface area contributed by atoms with E-state index in [1.54, 1.807) is 22.5 Å². The van der Waals surface area contributed by atoms with Crippen LogP contribution >= 0.6 is 0 Å². The Labute approximate surface area is 119 Å². The molecule has 2 N–H and O–H groups in total. The number of hydrogen-bond donors (Lipinski definition) is 1. The average molecular weight is 296 g/mol. The van der Waals surface area contributed by atoms with Crippen LogP contribution in [0.4, 0.5) is 0 Å². The van der Waals surface area contributed by atoms with E-state index in [0.29, 0.717) is 24.8 Å². The van der Waals surface area contributed by atoms with E-state index in [1.807, 2.05) is 0 Å². The molecule has 20 heavy (non-hydrogen) atoms. The van der Waals surface area contributed by atoms with Gasteiger partial charge in [-0.3, -0.25) is 0 Å². The summed E-state index contributed by atoms with van der Waals surface area (Å²) >= 11 is 0. The Morgan fingerprint density at radius 2 is 2.20 bits per heavy atom. The van der Waals surface area contributed by atoms with Gasteiger partial charge in [-0.15, -0.1) is 0 Å². The standard InChI is InChI=1S/C14H20N2O3S/c1-19-13-7-10(8-15)3-5-14(13)20(17,18)16-9-11-2-4-12(16)6-11/h3,5,7,11-12H,2,4,6,8-9,15H2,1H3. The maximum absolute atomic E-state index is 12.8. The van der Waals surface area contributed by atoms with E-state index >= 15 is 0 Å². The number of hydrogen-bond acceptors (Lipinski definition) is 4. The molecule has 1 aliphatic carbocycles. The largest absolute Gasteiger partial charge is 0.495 e. The Kier molecular flexibility index (Phi) is 3.48. The van der Waals surface area contributed by atoms with Gasteiger partial charge in [0.05, 0.1) is 7.11 Å². The van der Waals surface area contributed by atoms with Gasteiger partial charge in [0.15, 0.2) is 0 Å². The molecule has 1 aliphatic heterocycles. The molecule has 1 aromatic carbocycles. The third-order valence-electron chi connectivity index (χ3n) is 4.41. The fourth-order valence-electron chi connectivity index (χ4n) is 3.35. The van der Waals surface area contributed by atoms with E-state index < -0.39 is 10.0 Å². The second-order valence-corrected chi connectivity index (χ2v) is 7.46. The summed E-state index contributed by atoms with van der Waals surface area (Å²) in [4.78, 5) is 0.254. The molecule has 3 rings (SSSR count). The summed E-state index contributed by atoms with van der Waals surface area (Å²) in [6.45, 7) is 1.01. The van der Waals surface area contributed by atoms with Crippen molar-refractivity contribution in [1.29, 1.82) is 0 Å². The third kappa shape index (κ3) is 2.12. The number of sulfonamides is 1. The fourth-order valence-corrected chi connectivity index (χ4v) is 5.23. The van der Waals surface area contributed by atoms with E-state index in [2.05, 4.69) is 0 Å². The first-order valence-electron chi connectivity index (χ1n) is 6.95. The maximum Gasteiger partial charge on any atom is 0.247 e. The van der Waals surface area contributed by atoms with E-state index in [4.69, 9.17) is 10.5 Å². The summed E-state index contributed by atoms with van der Waals surface area (Å²) in [7, 11) is -1.98. The van der Waals surface area contributed by atoms with Gasteiger partial charge < -0.3 is 10.5 Å². The summed E-state index contributed by atoms with van der Waals surface area (Å²) in [5, 5.41) is 0. The van der Waals surface area contributed by atoms with Crippen LogP contribution < -0.4 is 10.5 Å². The quantitative estimate of drug-likeness (QED) is 0.909. The van der Waals surface area contributed by atoms with Crippen LogP contribution in [0.5, 0.6) is 5.75 Å². The highest BCUT2D eigenvalue weighted by Crippen LogP contribution is 2.41. The van der Waals surface area contributed by atoms with Crippen LogP contribution in [-0.4, -0.2) is 32.4 Å². The van der Waals surface area contributed by atoms with Crippen molar-refractivity contribution in [3.05, 3.63) is 23.8 Å². The van der Waals surface area contributed by atoms with E-state index in [0.717, 1.165) is 24.8 Å². The summed E-state index contributed by atoms with van der Waals surface area (Å²) in [5.74, 6) is 0.916. The highest BCUT2D eigenvalue weighted by Gasteiger charge is 2.44. The van der Waals surface area contributed by atoms with Gasteiger partial charge in [0, 0.05) is 19.1 Å². The normalized spacial score (nSPS) is 26.1. The van der Waals surface area contributed by atoms with Gasteiger partial charge in [-0.1, -0.05) is 6.07 Å². The van der Waals surface area contributed by atoms with Crippen LogP contribution in [0.2, 0.25) is 0 Å². The first-order chi connectivity index (χ1) is 9.56. The van der Waals surface area contributed by atoms with E-state index in [-0.39, 0.29) is 10.9 Å². The lowest BCUT2D eigenvalue weighted by atomic mass is 10.1. The number of rotatable bonds is 4. The molecule has 2 atom stereocenters. The molecule has 1 saturated carbocycles. The number of ether oxygens (including phenoxy) is 1. The predicted octanol–water partition coefficient (Wildman–Crippen LogP) is 1.33. The zero-order valence-corrected chi connectivity index (χ0v) is 12.4. The molecule has 110 valence electrons. The van der Waals surface area contributed by atoms with Gasteiger partial charge in [0.25, 0.3) is 0 Å². The fraction of sp³-hybridized carbons (Fsp3) is 0.571. The van der Waals surface area contributed by atoms with Crippen molar-refractivity contribution in [2.24, 2.45) is 11.7 Å². The van der Waals surface area contributed by atoms with Crippen LogP contribution in [0, 0.1) is 5.92 Å². The molecular weight excluding hydrogens is 276 g/mol. The number of methoxy groups -OCH3 is 1. The summed E-state index contributed by atoms with van der Waals surface area (Å²) in [6, 6.07) is 5.25. The third-order valence-corrected chi connectivity index (χ3v) is 6.37. The van der Waals surface area contributed by atoms with Crippen LogP contribution in [0.25, 0.3) is 0 Å². The number of benzene rings is 1. The Morgan fingerprint density at radius 1 is 1.40 bits per heavy atom. The van der Waals surface area contributed by atoms with Crippen LogP contribution in [0.15, 0.2) is 23.1 Å². The summed E-state index contributed by atoms with van der Waals surface area (Å²) < 4.78 is 32.5. The average Bonchev–Trinajstić information content (AvgIpc) is 3.09. The molecule has 5 nitrogen and oxygen atoms in total. The van der Waals surface area contributed by atoms with Gasteiger partial charge in [-0.05, 0) is 42.9 Å². The molecule has 1 aromatic rings. The van der Waals surface area contributed by atoms with E-state index in [9.17, 15) is 8.42 Å². The number of nitrogens with zero attached hydrogens (tertiary/aromatic N) is 1. The first-order valence-corrected chi connectivity index (χ1v) is 8.39. The van der Waals surface area contributed by atoms with Crippen molar-refractivity contribution in [2.45, 2.75) is 36.7 Å².